The molecule has 0 aromatic carbocycles. The van der Waals surface area contributed by atoms with E-state index in [9.17, 15) is 14.4 Å². The third-order valence-electron chi connectivity index (χ3n) is 2.80. The molecule has 19 heavy (non-hydrogen) atoms. The average molecular weight is 272 g/mol. The normalized spacial score (nSPS) is 18.5. The highest BCUT2D eigenvalue weighted by Crippen LogP contribution is 2.15. The molecule has 2 N–H and O–H groups in total. The van der Waals surface area contributed by atoms with Crippen molar-refractivity contribution in [2.75, 3.05) is 19.6 Å². The Morgan fingerprint density at radius 2 is 2.11 bits per heavy atom. The zero-order valence-electron chi connectivity index (χ0n) is 11.2. The summed E-state index contributed by atoms with van der Waals surface area (Å²) < 4.78 is 4.92. The number of carboxylic acids is 1. The van der Waals surface area contributed by atoms with Gasteiger partial charge in [0.25, 0.3) is 0 Å². The molecule has 1 aliphatic heterocycles. The quantitative estimate of drug-likeness (QED) is 0.708. The summed E-state index contributed by atoms with van der Waals surface area (Å²) in [5.41, 5.74) is 0. The van der Waals surface area contributed by atoms with E-state index in [-0.39, 0.29) is 37.6 Å². The highest BCUT2D eigenvalue weighted by Gasteiger charge is 2.30. The number of hydrogen-bond donors (Lipinski definition) is 2. The van der Waals surface area contributed by atoms with Gasteiger partial charge < -0.3 is 20.1 Å². The first kappa shape index (κ1) is 15.3. The van der Waals surface area contributed by atoms with Crippen LogP contribution in [-0.2, 0) is 14.3 Å². The Balaban J connectivity index is 2.22. The summed E-state index contributed by atoms with van der Waals surface area (Å²) in [5.74, 6) is -1.73. The number of amides is 2. The number of hydrogen-bond acceptors (Lipinski definition) is 4. The predicted molar refractivity (Wildman–Crippen MR) is 66.6 cm³/mol. The summed E-state index contributed by atoms with van der Waals surface area (Å²) in [6.45, 7) is 4.36. The fraction of sp³-hybridized carbons (Fsp3) is 0.750. The standard InChI is InChI=1S/C12H20N2O5/c1-8(2)19-10(15)3-5-13-12(18)14-6-4-9(7-14)11(16)17/h8-9H,3-7H2,1-2H3,(H,13,18)(H,16,17). The van der Waals surface area contributed by atoms with Gasteiger partial charge in [-0.3, -0.25) is 9.59 Å². The van der Waals surface area contributed by atoms with Crippen molar-refractivity contribution in [1.82, 2.24) is 10.2 Å². The second kappa shape index (κ2) is 6.96. The van der Waals surface area contributed by atoms with Crippen LogP contribution in [0.1, 0.15) is 26.7 Å². The van der Waals surface area contributed by atoms with Crippen LogP contribution in [0.3, 0.4) is 0 Å². The van der Waals surface area contributed by atoms with Gasteiger partial charge in [0.05, 0.1) is 18.4 Å². The van der Waals surface area contributed by atoms with E-state index >= 15 is 0 Å². The van der Waals surface area contributed by atoms with E-state index < -0.39 is 11.9 Å². The number of rotatable bonds is 5. The zero-order valence-corrected chi connectivity index (χ0v) is 11.2. The molecule has 1 rings (SSSR count). The summed E-state index contributed by atoms with van der Waals surface area (Å²) in [4.78, 5) is 35.1. The maximum atomic E-state index is 11.7. The van der Waals surface area contributed by atoms with Crippen LogP contribution < -0.4 is 5.32 Å². The summed E-state index contributed by atoms with van der Waals surface area (Å²) >= 11 is 0. The summed E-state index contributed by atoms with van der Waals surface area (Å²) in [7, 11) is 0. The van der Waals surface area contributed by atoms with E-state index in [0.717, 1.165) is 0 Å². The SMILES string of the molecule is CC(C)OC(=O)CCNC(=O)N1CCC(C(=O)O)C1. The molecule has 1 atom stereocenters. The average Bonchev–Trinajstić information content (AvgIpc) is 2.76. The Morgan fingerprint density at radius 3 is 2.63 bits per heavy atom. The van der Waals surface area contributed by atoms with E-state index in [0.29, 0.717) is 13.0 Å². The number of esters is 1. The molecule has 0 radical (unpaired) electrons. The molecule has 108 valence electrons. The van der Waals surface area contributed by atoms with Gasteiger partial charge in [0.2, 0.25) is 0 Å². The number of nitrogens with one attached hydrogen (secondary N) is 1. The molecule has 0 aliphatic carbocycles. The van der Waals surface area contributed by atoms with Crippen LogP contribution in [0.5, 0.6) is 0 Å². The maximum absolute atomic E-state index is 11.7. The first-order chi connectivity index (χ1) is 8.90. The summed E-state index contributed by atoms with van der Waals surface area (Å²) in [6, 6.07) is -0.332. The van der Waals surface area contributed by atoms with Crippen molar-refractivity contribution in [3.05, 3.63) is 0 Å². The molecular weight excluding hydrogens is 252 g/mol. The van der Waals surface area contributed by atoms with Crippen molar-refractivity contribution in [2.24, 2.45) is 5.92 Å². The second-order valence-corrected chi connectivity index (χ2v) is 4.79. The molecule has 0 aromatic heterocycles. The molecule has 0 spiro atoms. The van der Waals surface area contributed by atoms with E-state index in [4.69, 9.17) is 9.84 Å². The molecule has 1 saturated heterocycles. The van der Waals surface area contributed by atoms with Crippen LogP contribution in [0, 0.1) is 5.92 Å². The first-order valence-corrected chi connectivity index (χ1v) is 6.35. The minimum atomic E-state index is -0.879. The van der Waals surface area contributed by atoms with E-state index in [1.165, 1.54) is 4.90 Å². The Morgan fingerprint density at radius 1 is 1.42 bits per heavy atom. The van der Waals surface area contributed by atoms with Gasteiger partial charge in [0.15, 0.2) is 0 Å². The van der Waals surface area contributed by atoms with Gasteiger partial charge in [-0.05, 0) is 20.3 Å². The number of ether oxygens (including phenoxy) is 1. The maximum Gasteiger partial charge on any atom is 0.317 e. The topological polar surface area (TPSA) is 95.9 Å². The molecule has 1 unspecified atom stereocenters. The molecule has 1 heterocycles. The number of carbonyl (C=O) groups excluding carboxylic acids is 2. The summed E-state index contributed by atoms with van der Waals surface area (Å²) in [6.07, 6.45) is 0.413. The number of carbonyl (C=O) groups is 3. The molecule has 0 aromatic rings. The predicted octanol–water partition coefficient (Wildman–Crippen LogP) is 0.444. The van der Waals surface area contributed by atoms with Gasteiger partial charge in [-0.15, -0.1) is 0 Å². The fourth-order valence-corrected chi connectivity index (χ4v) is 1.85. The summed E-state index contributed by atoms with van der Waals surface area (Å²) in [5, 5.41) is 11.4. The molecule has 1 aliphatic rings. The van der Waals surface area contributed by atoms with Gasteiger partial charge >= 0.3 is 18.0 Å². The molecule has 7 nitrogen and oxygen atoms in total. The largest absolute Gasteiger partial charge is 0.481 e. The number of urea groups is 1. The zero-order chi connectivity index (χ0) is 14.4. The smallest absolute Gasteiger partial charge is 0.317 e. The molecule has 7 heteroatoms. The number of likely N-dealkylation sites (tertiary alicyclic amines) is 1. The van der Waals surface area contributed by atoms with E-state index in [1.807, 2.05) is 0 Å². The molecule has 2 amide bonds. The van der Waals surface area contributed by atoms with Gasteiger partial charge in [-0.2, -0.15) is 0 Å². The minimum absolute atomic E-state index is 0.111. The van der Waals surface area contributed by atoms with Gasteiger partial charge in [0.1, 0.15) is 0 Å². The molecule has 1 fully saturated rings. The van der Waals surface area contributed by atoms with Crippen molar-refractivity contribution < 1.29 is 24.2 Å². The Bertz CT molecular complexity index is 356. The monoisotopic (exact) mass is 272 g/mol. The van der Waals surface area contributed by atoms with Crippen molar-refractivity contribution >= 4 is 18.0 Å². The molecule has 0 bridgehead atoms. The highest BCUT2D eigenvalue weighted by molar-refractivity contribution is 5.78. The van der Waals surface area contributed by atoms with Crippen LogP contribution >= 0.6 is 0 Å². The second-order valence-electron chi connectivity index (χ2n) is 4.79. The minimum Gasteiger partial charge on any atom is -0.481 e. The lowest BCUT2D eigenvalue weighted by Crippen LogP contribution is -2.39. The lowest BCUT2D eigenvalue weighted by Gasteiger charge is -2.16. The van der Waals surface area contributed by atoms with Gasteiger partial charge in [-0.1, -0.05) is 0 Å². The van der Waals surface area contributed by atoms with Crippen molar-refractivity contribution in [2.45, 2.75) is 32.8 Å². The van der Waals surface area contributed by atoms with Gasteiger partial charge in [-0.25, -0.2) is 4.79 Å². The fourth-order valence-electron chi connectivity index (χ4n) is 1.85. The van der Waals surface area contributed by atoms with Crippen molar-refractivity contribution in [1.29, 1.82) is 0 Å². The van der Waals surface area contributed by atoms with Crippen LogP contribution in [0.15, 0.2) is 0 Å². The number of aliphatic carboxylic acids is 1. The van der Waals surface area contributed by atoms with Crippen LogP contribution in [0.25, 0.3) is 0 Å². The van der Waals surface area contributed by atoms with Crippen LogP contribution in [0.2, 0.25) is 0 Å². The third-order valence-corrected chi connectivity index (χ3v) is 2.80. The number of nitrogens with zero attached hydrogens (tertiary/aromatic N) is 1. The number of carboxylic acid groups (broad SMARTS) is 1. The van der Waals surface area contributed by atoms with E-state index in [1.54, 1.807) is 13.8 Å². The lowest BCUT2D eigenvalue weighted by molar-refractivity contribution is -0.147. The highest BCUT2D eigenvalue weighted by atomic mass is 16.5. The van der Waals surface area contributed by atoms with Crippen LogP contribution in [0.4, 0.5) is 4.79 Å². The Hall–Kier alpha value is -1.79. The van der Waals surface area contributed by atoms with Gasteiger partial charge in [0, 0.05) is 19.6 Å². The lowest BCUT2D eigenvalue weighted by atomic mass is 10.1. The van der Waals surface area contributed by atoms with Crippen molar-refractivity contribution in [3.63, 3.8) is 0 Å². The molecule has 0 saturated carbocycles. The van der Waals surface area contributed by atoms with Crippen molar-refractivity contribution in [3.8, 4) is 0 Å². The Kier molecular flexibility index (Phi) is 5.59. The van der Waals surface area contributed by atoms with E-state index in [2.05, 4.69) is 5.32 Å². The van der Waals surface area contributed by atoms with Crippen LogP contribution in [-0.4, -0.2) is 53.7 Å². The third kappa shape index (κ3) is 5.15. The first-order valence-electron chi connectivity index (χ1n) is 6.35. The Labute approximate surface area is 111 Å². The molecular formula is C12H20N2O5.